The van der Waals surface area contributed by atoms with Crippen LogP contribution in [0.4, 0.5) is 0 Å². The maximum absolute atomic E-state index is 12.1. The van der Waals surface area contributed by atoms with E-state index in [9.17, 15) is 4.79 Å². The summed E-state index contributed by atoms with van der Waals surface area (Å²) in [7, 11) is 3.30. The lowest BCUT2D eigenvalue weighted by atomic mass is 10.2. The Labute approximate surface area is 130 Å². The van der Waals surface area contributed by atoms with Crippen LogP contribution in [0.2, 0.25) is 0 Å². The molecule has 5 nitrogen and oxygen atoms in total. The molecule has 22 heavy (non-hydrogen) atoms. The number of aromatic nitrogens is 1. The number of hydrogen-bond donors (Lipinski definition) is 1. The van der Waals surface area contributed by atoms with E-state index in [2.05, 4.69) is 5.32 Å². The standard InChI is InChI=1S/C17H22N2O3/c1-13-10-17(20)14(11-18-8-9-21-2)12-19(13)15-4-6-16(22-3)7-5-15/h4-7,10,12,18H,8-9,11H2,1-3H3. The van der Waals surface area contributed by atoms with Gasteiger partial charge in [-0.05, 0) is 31.2 Å². The number of rotatable bonds is 7. The summed E-state index contributed by atoms with van der Waals surface area (Å²) in [6, 6.07) is 9.42. The molecule has 1 aromatic carbocycles. The van der Waals surface area contributed by atoms with E-state index in [1.165, 1.54) is 0 Å². The molecule has 0 fully saturated rings. The van der Waals surface area contributed by atoms with Crippen molar-refractivity contribution in [1.29, 1.82) is 0 Å². The molecular weight excluding hydrogens is 280 g/mol. The lowest BCUT2D eigenvalue weighted by Crippen LogP contribution is -2.24. The monoisotopic (exact) mass is 302 g/mol. The largest absolute Gasteiger partial charge is 0.497 e. The number of benzene rings is 1. The highest BCUT2D eigenvalue weighted by molar-refractivity contribution is 5.39. The van der Waals surface area contributed by atoms with E-state index in [-0.39, 0.29) is 5.43 Å². The van der Waals surface area contributed by atoms with Crippen molar-refractivity contribution in [3.8, 4) is 11.4 Å². The van der Waals surface area contributed by atoms with Gasteiger partial charge < -0.3 is 19.4 Å². The fraction of sp³-hybridized carbons (Fsp3) is 0.353. The lowest BCUT2D eigenvalue weighted by molar-refractivity contribution is 0.199. The van der Waals surface area contributed by atoms with Crippen LogP contribution < -0.4 is 15.5 Å². The second-order valence-corrected chi connectivity index (χ2v) is 5.04. The number of ether oxygens (including phenoxy) is 2. The van der Waals surface area contributed by atoms with E-state index in [0.717, 1.165) is 22.7 Å². The molecule has 0 atom stereocenters. The van der Waals surface area contributed by atoms with Crippen LogP contribution in [0.15, 0.2) is 41.3 Å². The van der Waals surface area contributed by atoms with Gasteiger partial charge >= 0.3 is 0 Å². The van der Waals surface area contributed by atoms with Crippen molar-refractivity contribution in [2.75, 3.05) is 27.4 Å². The summed E-state index contributed by atoms with van der Waals surface area (Å²) in [4.78, 5) is 12.1. The maximum atomic E-state index is 12.1. The van der Waals surface area contributed by atoms with Crippen LogP contribution in [0.1, 0.15) is 11.3 Å². The van der Waals surface area contributed by atoms with Gasteiger partial charge in [0.05, 0.1) is 13.7 Å². The highest BCUT2D eigenvalue weighted by Gasteiger charge is 2.06. The third-order valence-corrected chi connectivity index (χ3v) is 3.47. The summed E-state index contributed by atoms with van der Waals surface area (Å²) in [5.74, 6) is 0.809. The predicted octanol–water partition coefficient (Wildman–Crippen LogP) is 1.89. The van der Waals surface area contributed by atoms with Crippen molar-refractivity contribution in [3.63, 3.8) is 0 Å². The zero-order valence-electron chi connectivity index (χ0n) is 13.3. The van der Waals surface area contributed by atoms with Gasteiger partial charge in [-0.3, -0.25) is 4.79 Å². The van der Waals surface area contributed by atoms with Crippen molar-refractivity contribution in [2.45, 2.75) is 13.5 Å². The maximum Gasteiger partial charge on any atom is 0.186 e. The van der Waals surface area contributed by atoms with Gasteiger partial charge in [0.1, 0.15) is 5.75 Å². The molecule has 0 amide bonds. The Hall–Kier alpha value is -2.11. The lowest BCUT2D eigenvalue weighted by Gasteiger charge is -2.13. The van der Waals surface area contributed by atoms with Gasteiger partial charge in [-0.1, -0.05) is 0 Å². The zero-order chi connectivity index (χ0) is 15.9. The summed E-state index contributed by atoms with van der Waals surface area (Å²) in [6.45, 7) is 3.79. The molecule has 1 heterocycles. The number of nitrogens with one attached hydrogen (secondary N) is 1. The number of aryl methyl sites for hydroxylation is 1. The first-order chi connectivity index (χ1) is 10.7. The molecule has 5 heteroatoms. The normalized spacial score (nSPS) is 10.7. The van der Waals surface area contributed by atoms with Crippen LogP contribution in [-0.2, 0) is 11.3 Å². The quantitative estimate of drug-likeness (QED) is 0.794. The third kappa shape index (κ3) is 3.96. The molecule has 0 spiro atoms. The number of hydrogen-bond acceptors (Lipinski definition) is 4. The molecule has 1 N–H and O–H groups in total. The summed E-state index contributed by atoms with van der Waals surface area (Å²) >= 11 is 0. The SMILES string of the molecule is COCCNCc1cn(-c2ccc(OC)cc2)c(C)cc1=O. The van der Waals surface area contributed by atoms with Crippen molar-refractivity contribution < 1.29 is 9.47 Å². The minimum absolute atomic E-state index is 0.0483. The van der Waals surface area contributed by atoms with Crippen molar-refractivity contribution >= 4 is 0 Å². The molecule has 0 aliphatic heterocycles. The van der Waals surface area contributed by atoms with Crippen LogP contribution in [0.5, 0.6) is 5.75 Å². The average molecular weight is 302 g/mol. The van der Waals surface area contributed by atoms with Crippen molar-refractivity contribution in [1.82, 2.24) is 9.88 Å². The highest BCUT2D eigenvalue weighted by Crippen LogP contribution is 2.16. The molecule has 0 aliphatic carbocycles. The smallest absolute Gasteiger partial charge is 0.186 e. The summed E-state index contributed by atoms with van der Waals surface area (Å²) in [5.41, 5.74) is 2.68. The summed E-state index contributed by atoms with van der Waals surface area (Å²) in [6.07, 6.45) is 1.89. The Kier molecular flexibility index (Phi) is 5.75. The van der Waals surface area contributed by atoms with Gasteiger partial charge in [-0.25, -0.2) is 0 Å². The molecule has 0 aliphatic rings. The first-order valence-corrected chi connectivity index (χ1v) is 7.22. The Morgan fingerprint density at radius 2 is 1.91 bits per heavy atom. The zero-order valence-corrected chi connectivity index (χ0v) is 13.3. The van der Waals surface area contributed by atoms with Gasteiger partial charge in [0, 0.05) is 49.4 Å². The van der Waals surface area contributed by atoms with Crippen LogP contribution in [0, 0.1) is 6.92 Å². The second kappa shape index (κ2) is 7.77. The van der Waals surface area contributed by atoms with E-state index in [1.54, 1.807) is 20.3 Å². The first kappa shape index (κ1) is 16.3. The molecule has 2 rings (SSSR count). The molecule has 2 aromatic rings. The van der Waals surface area contributed by atoms with Gasteiger partial charge in [-0.2, -0.15) is 0 Å². The van der Waals surface area contributed by atoms with E-state index in [0.29, 0.717) is 19.7 Å². The molecule has 0 saturated carbocycles. The van der Waals surface area contributed by atoms with E-state index in [4.69, 9.17) is 9.47 Å². The molecule has 1 aromatic heterocycles. The van der Waals surface area contributed by atoms with Crippen molar-refractivity contribution in [2.24, 2.45) is 0 Å². The van der Waals surface area contributed by atoms with E-state index >= 15 is 0 Å². The van der Waals surface area contributed by atoms with Gasteiger partial charge in [0.2, 0.25) is 0 Å². The van der Waals surface area contributed by atoms with E-state index in [1.807, 2.05) is 42.0 Å². The minimum Gasteiger partial charge on any atom is -0.497 e. The topological polar surface area (TPSA) is 52.5 Å². The third-order valence-electron chi connectivity index (χ3n) is 3.47. The molecule has 118 valence electrons. The highest BCUT2D eigenvalue weighted by atomic mass is 16.5. The fourth-order valence-corrected chi connectivity index (χ4v) is 2.22. The molecule has 0 bridgehead atoms. The Bertz CT molecular complexity index is 663. The minimum atomic E-state index is 0.0483. The average Bonchev–Trinajstić information content (AvgIpc) is 2.53. The number of pyridine rings is 1. The first-order valence-electron chi connectivity index (χ1n) is 7.22. The summed E-state index contributed by atoms with van der Waals surface area (Å²) < 4.78 is 12.2. The predicted molar refractivity (Wildman–Crippen MR) is 86.9 cm³/mol. The molecule has 0 unspecified atom stereocenters. The van der Waals surface area contributed by atoms with Crippen molar-refractivity contribution in [3.05, 3.63) is 58.0 Å². The van der Waals surface area contributed by atoms with Crippen LogP contribution in [0.25, 0.3) is 5.69 Å². The van der Waals surface area contributed by atoms with Crippen LogP contribution in [0.3, 0.4) is 0 Å². The molecule has 0 saturated heterocycles. The second-order valence-electron chi connectivity index (χ2n) is 5.04. The Morgan fingerprint density at radius 3 is 2.55 bits per heavy atom. The summed E-state index contributed by atoms with van der Waals surface area (Å²) in [5, 5.41) is 3.20. The Balaban J connectivity index is 2.25. The number of nitrogens with zero attached hydrogens (tertiary/aromatic N) is 1. The molecular formula is C17H22N2O3. The molecule has 0 radical (unpaired) electrons. The van der Waals surface area contributed by atoms with Gasteiger partial charge in [0.25, 0.3) is 0 Å². The van der Waals surface area contributed by atoms with E-state index < -0.39 is 0 Å². The fourth-order valence-electron chi connectivity index (χ4n) is 2.22. The van der Waals surface area contributed by atoms with Crippen LogP contribution >= 0.6 is 0 Å². The Morgan fingerprint density at radius 1 is 1.18 bits per heavy atom. The van der Waals surface area contributed by atoms with Gasteiger partial charge in [-0.15, -0.1) is 0 Å². The van der Waals surface area contributed by atoms with Gasteiger partial charge in [0.15, 0.2) is 5.43 Å². The van der Waals surface area contributed by atoms with Crippen LogP contribution in [-0.4, -0.2) is 31.9 Å². The number of methoxy groups -OCH3 is 2.